The number of hydrogen-bond acceptors (Lipinski definition) is 7. The molecule has 0 unspecified atom stereocenters. The molecule has 32 heavy (non-hydrogen) atoms. The van der Waals surface area contributed by atoms with E-state index in [2.05, 4.69) is 37.4 Å². The van der Waals surface area contributed by atoms with Crippen molar-refractivity contribution in [1.29, 1.82) is 0 Å². The number of rotatable bonds is 7. The first-order valence-electron chi connectivity index (χ1n) is 10.5. The summed E-state index contributed by atoms with van der Waals surface area (Å²) >= 11 is 1.30. The Kier molecular flexibility index (Phi) is 7.08. The molecule has 1 fully saturated rings. The third-order valence-electron chi connectivity index (χ3n) is 5.24. The normalized spacial score (nSPS) is 14.2. The van der Waals surface area contributed by atoms with Crippen LogP contribution in [-0.2, 0) is 22.4 Å². The molecule has 3 aromatic rings. The maximum Gasteiger partial charge on any atom is 0.230 e. The highest BCUT2D eigenvalue weighted by Gasteiger charge is 2.15. The van der Waals surface area contributed by atoms with Crippen molar-refractivity contribution in [2.45, 2.75) is 12.8 Å². The number of carbonyl (C=O) groups excluding carboxylic acids is 2. The molecule has 2 amide bonds. The molecule has 1 aromatic carbocycles. The van der Waals surface area contributed by atoms with Crippen molar-refractivity contribution in [2.75, 3.05) is 48.8 Å². The van der Waals surface area contributed by atoms with Crippen LogP contribution in [0.2, 0.25) is 0 Å². The number of thiazole rings is 1. The summed E-state index contributed by atoms with van der Waals surface area (Å²) in [5.74, 6) is -0.280. The highest BCUT2D eigenvalue weighted by molar-refractivity contribution is 7.15. The van der Waals surface area contributed by atoms with Gasteiger partial charge in [-0.15, -0.1) is 11.3 Å². The largest absolute Gasteiger partial charge is 0.369 e. The maximum absolute atomic E-state index is 12.4. The molecule has 0 saturated carbocycles. The van der Waals surface area contributed by atoms with E-state index < -0.39 is 0 Å². The van der Waals surface area contributed by atoms with Gasteiger partial charge in [-0.25, -0.2) is 4.98 Å². The summed E-state index contributed by atoms with van der Waals surface area (Å²) in [5, 5.41) is 6.19. The predicted molar refractivity (Wildman–Crippen MR) is 127 cm³/mol. The maximum atomic E-state index is 12.4. The molecule has 4 rings (SSSR count). The van der Waals surface area contributed by atoms with E-state index in [0.717, 1.165) is 42.3 Å². The average molecular weight is 451 g/mol. The second-order valence-corrected chi connectivity index (χ2v) is 8.90. The van der Waals surface area contributed by atoms with E-state index in [4.69, 9.17) is 0 Å². The summed E-state index contributed by atoms with van der Waals surface area (Å²) < 4.78 is 0. The van der Waals surface area contributed by atoms with E-state index in [1.165, 1.54) is 17.0 Å². The number of likely N-dealkylation sites (N-methyl/N-ethyl adjacent to an activating group) is 1. The second-order valence-electron chi connectivity index (χ2n) is 7.78. The second kappa shape index (κ2) is 10.3. The number of amides is 2. The van der Waals surface area contributed by atoms with E-state index in [1.54, 1.807) is 24.7 Å². The number of piperazine rings is 1. The number of hydrogen-bond donors (Lipinski definition) is 2. The molecule has 0 aliphatic carbocycles. The highest BCUT2D eigenvalue weighted by atomic mass is 32.1. The molecule has 0 spiro atoms. The van der Waals surface area contributed by atoms with Crippen LogP contribution in [0.5, 0.6) is 0 Å². The minimum absolute atomic E-state index is 0.116. The first-order chi connectivity index (χ1) is 15.5. The molecule has 3 heterocycles. The molecular formula is C23H26N6O2S. The number of aromatic nitrogens is 2. The Morgan fingerprint density at radius 1 is 0.969 bits per heavy atom. The van der Waals surface area contributed by atoms with Crippen LogP contribution in [0.1, 0.15) is 10.4 Å². The molecule has 8 nitrogen and oxygen atoms in total. The summed E-state index contributed by atoms with van der Waals surface area (Å²) in [6.45, 7) is 4.13. The van der Waals surface area contributed by atoms with Crippen molar-refractivity contribution in [3.05, 3.63) is 65.4 Å². The van der Waals surface area contributed by atoms with Crippen LogP contribution in [0.25, 0.3) is 0 Å². The lowest BCUT2D eigenvalue weighted by Crippen LogP contribution is -2.44. The number of carbonyl (C=O) groups is 2. The molecule has 2 aromatic heterocycles. The van der Waals surface area contributed by atoms with Crippen LogP contribution in [0.3, 0.4) is 0 Å². The van der Waals surface area contributed by atoms with E-state index in [0.29, 0.717) is 5.13 Å². The van der Waals surface area contributed by atoms with E-state index in [9.17, 15) is 9.59 Å². The van der Waals surface area contributed by atoms with Gasteiger partial charge in [-0.05, 0) is 42.9 Å². The Morgan fingerprint density at radius 3 is 2.44 bits per heavy atom. The number of nitrogens with zero attached hydrogens (tertiary/aromatic N) is 4. The fourth-order valence-corrected chi connectivity index (χ4v) is 4.31. The monoisotopic (exact) mass is 450 g/mol. The van der Waals surface area contributed by atoms with Crippen LogP contribution >= 0.6 is 11.3 Å². The summed E-state index contributed by atoms with van der Waals surface area (Å²) in [6.07, 6.45) is 5.39. The zero-order chi connectivity index (χ0) is 22.3. The Balaban J connectivity index is 1.25. The van der Waals surface area contributed by atoms with Gasteiger partial charge in [-0.3, -0.25) is 14.6 Å². The average Bonchev–Trinajstić information content (AvgIpc) is 3.22. The standard InChI is InChI=1S/C23H26N6O2S/c1-28-9-11-29(12-10-28)19-6-4-18(5-7-19)26-22(31)14-20-16-25-23(32-20)27-21(30)13-17-3-2-8-24-15-17/h2-8,15-16H,9-14H2,1H3,(H,26,31)(H,25,27,30). The van der Waals surface area contributed by atoms with Crippen molar-refractivity contribution < 1.29 is 9.59 Å². The first-order valence-corrected chi connectivity index (χ1v) is 11.3. The lowest BCUT2D eigenvalue weighted by Gasteiger charge is -2.34. The zero-order valence-corrected chi connectivity index (χ0v) is 18.8. The summed E-state index contributed by atoms with van der Waals surface area (Å²) in [4.78, 5) is 38.3. The van der Waals surface area contributed by atoms with Gasteiger partial charge in [-0.1, -0.05) is 6.07 Å². The van der Waals surface area contributed by atoms with E-state index in [1.807, 2.05) is 30.3 Å². The molecule has 1 aliphatic rings. The molecule has 2 N–H and O–H groups in total. The number of pyridine rings is 1. The predicted octanol–water partition coefficient (Wildman–Crippen LogP) is 2.65. The van der Waals surface area contributed by atoms with Gasteiger partial charge in [0.15, 0.2) is 5.13 Å². The van der Waals surface area contributed by atoms with Gasteiger partial charge in [0, 0.05) is 61.0 Å². The fourth-order valence-electron chi connectivity index (χ4n) is 3.48. The smallest absolute Gasteiger partial charge is 0.230 e. The zero-order valence-electron chi connectivity index (χ0n) is 18.0. The van der Waals surface area contributed by atoms with Crippen molar-refractivity contribution in [1.82, 2.24) is 14.9 Å². The van der Waals surface area contributed by atoms with Crippen molar-refractivity contribution in [3.63, 3.8) is 0 Å². The minimum Gasteiger partial charge on any atom is -0.369 e. The van der Waals surface area contributed by atoms with E-state index >= 15 is 0 Å². The number of nitrogens with one attached hydrogen (secondary N) is 2. The van der Waals surface area contributed by atoms with Gasteiger partial charge in [-0.2, -0.15) is 0 Å². The van der Waals surface area contributed by atoms with Crippen molar-refractivity contribution in [2.24, 2.45) is 0 Å². The minimum atomic E-state index is -0.163. The third kappa shape index (κ3) is 6.12. The topological polar surface area (TPSA) is 90.5 Å². The van der Waals surface area contributed by atoms with Gasteiger partial charge in [0.05, 0.1) is 12.8 Å². The van der Waals surface area contributed by atoms with Gasteiger partial charge in [0.25, 0.3) is 0 Å². The molecule has 0 radical (unpaired) electrons. The van der Waals surface area contributed by atoms with Gasteiger partial charge < -0.3 is 20.4 Å². The Bertz CT molecular complexity index is 1050. The van der Waals surface area contributed by atoms with Crippen molar-refractivity contribution >= 4 is 39.7 Å². The Hall–Kier alpha value is -3.30. The summed E-state index contributed by atoms with van der Waals surface area (Å²) in [5.41, 5.74) is 2.77. The summed E-state index contributed by atoms with van der Waals surface area (Å²) in [6, 6.07) is 11.6. The van der Waals surface area contributed by atoms with Gasteiger partial charge in [0.2, 0.25) is 11.8 Å². The van der Waals surface area contributed by atoms with Crippen molar-refractivity contribution in [3.8, 4) is 0 Å². The molecular weight excluding hydrogens is 424 g/mol. The van der Waals surface area contributed by atoms with Gasteiger partial charge >= 0.3 is 0 Å². The molecule has 9 heteroatoms. The molecule has 1 saturated heterocycles. The van der Waals surface area contributed by atoms with Crippen LogP contribution in [0.4, 0.5) is 16.5 Å². The Morgan fingerprint density at radius 2 is 1.72 bits per heavy atom. The number of benzene rings is 1. The SMILES string of the molecule is CN1CCN(c2ccc(NC(=O)Cc3cnc(NC(=O)Cc4cccnc4)s3)cc2)CC1. The fraction of sp³-hybridized carbons (Fsp3) is 0.304. The molecule has 0 atom stereocenters. The lowest BCUT2D eigenvalue weighted by atomic mass is 10.2. The molecule has 0 bridgehead atoms. The lowest BCUT2D eigenvalue weighted by molar-refractivity contribution is -0.116. The molecule has 1 aliphatic heterocycles. The Labute approximate surface area is 191 Å². The van der Waals surface area contributed by atoms with E-state index in [-0.39, 0.29) is 24.7 Å². The highest BCUT2D eigenvalue weighted by Crippen LogP contribution is 2.21. The molecule has 166 valence electrons. The van der Waals surface area contributed by atoms with Crippen LogP contribution in [0.15, 0.2) is 55.0 Å². The van der Waals surface area contributed by atoms with Crippen LogP contribution in [0, 0.1) is 0 Å². The third-order valence-corrected chi connectivity index (χ3v) is 6.15. The first kappa shape index (κ1) is 21.9. The number of anilines is 3. The quantitative estimate of drug-likeness (QED) is 0.575. The summed E-state index contributed by atoms with van der Waals surface area (Å²) in [7, 11) is 2.14. The van der Waals surface area contributed by atoms with Crippen LogP contribution < -0.4 is 15.5 Å². The van der Waals surface area contributed by atoms with Crippen LogP contribution in [-0.4, -0.2) is 59.9 Å². The van der Waals surface area contributed by atoms with Gasteiger partial charge in [0.1, 0.15) is 0 Å².